The van der Waals surface area contributed by atoms with Gasteiger partial charge in [0.1, 0.15) is 5.69 Å². The van der Waals surface area contributed by atoms with Gasteiger partial charge in [-0.25, -0.2) is 0 Å². The van der Waals surface area contributed by atoms with Gasteiger partial charge in [-0.1, -0.05) is 35.0 Å². The molecule has 0 spiro atoms. The van der Waals surface area contributed by atoms with E-state index in [4.69, 9.17) is 21.9 Å². The number of hydrogen-bond acceptors (Lipinski definition) is 5. The Hall–Kier alpha value is -2.18. The third-order valence-electron chi connectivity index (χ3n) is 2.61. The summed E-state index contributed by atoms with van der Waals surface area (Å²) in [5.74, 6) is 0.801. The highest BCUT2D eigenvalue weighted by molar-refractivity contribution is 6.33. The first-order chi connectivity index (χ1) is 9.28. The minimum atomic E-state index is 0.231. The summed E-state index contributed by atoms with van der Waals surface area (Å²) in [7, 11) is 0. The smallest absolute Gasteiger partial charge is 0.275 e. The average Bonchev–Trinajstić information content (AvgIpc) is 3.08. The van der Waals surface area contributed by atoms with E-state index >= 15 is 0 Å². The van der Waals surface area contributed by atoms with Crippen LogP contribution < -0.4 is 5.73 Å². The Labute approximate surface area is 113 Å². The van der Waals surface area contributed by atoms with Gasteiger partial charge in [0, 0.05) is 5.56 Å². The number of aromatic nitrogens is 4. The van der Waals surface area contributed by atoms with Crippen molar-refractivity contribution >= 4 is 11.6 Å². The monoisotopic (exact) mass is 275 g/mol. The summed E-state index contributed by atoms with van der Waals surface area (Å²) >= 11 is 6.12. The summed E-state index contributed by atoms with van der Waals surface area (Å²) in [5.41, 5.74) is 7.61. The molecule has 0 amide bonds. The molecule has 2 heterocycles. The molecule has 3 N–H and O–H groups in total. The summed E-state index contributed by atoms with van der Waals surface area (Å²) in [4.78, 5) is 4.12. The molecule has 0 aliphatic carbocycles. The summed E-state index contributed by atoms with van der Waals surface area (Å²) in [6, 6.07) is 9.26. The Morgan fingerprint density at radius 3 is 2.89 bits per heavy atom. The van der Waals surface area contributed by atoms with Gasteiger partial charge in [-0.15, -0.1) is 0 Å². The van der Waals surface area contributed by atoms with Crippen molar-refractivity contribution in [2.24, 2.45) is 5.73 Å². The van der Waals surface area contributed by atoms with Gasteiger partial charge >= 0.3 is 0 Å². The van der Waals surface area contributed by atoms with Crippen LogP contribution in [-0.2, 0) is 6.54 Å². The Morgan fingerprint density at radius 2 is 2.16 bits per heavy atom. The molecule has 6 nitrogen and oxygen atoms in total. The maximum absolute atomic E-state index is 6.12. The van der Waals surface area contributed by atoms with Crippen molar-refractivity contribution in [1.29, 1.82) is 0 Å². The van der Waals surface area contributed by atoms with Crippen LogP contribution in [0.25, 0.3) is 22.8 Å². The molecule has 0 fully saturated rings. The molecule has 0 atom stereocenters. The highest BCUT2D eigenvalue weighted by Crippen LogP contribution is 2.28. The van der Waals surface area contributed by atoms with E-state index in [2.05, 4.69) is 20.3 Å². The third-order valence-corrected chi connectivity index (χ3v) is 2.94. The van der Waals surface area contributed by atoms with Crippen molar-refractivity contribution in [2.75, 3.05) is 0 Å². The van der Waals surface area contributed by atoms with Crippen LogP contribution in [0.1, 0.15) is 5.82 Å². The molecular weight excluding hydrogens is 266 g/mol. The Morgan fingerprint density at radius 1 is 1.32 bits per heavy atom. The van der Waals surface area contributed by atoms with Gasteiger partial charge in [-0.2, -0.15) is 10.1 Å². The van der Waals surface area contributed by atoms with E-state index in [-0.39, 0.29) is 6.54 Å². The lowest BCUT2D eigenvalue weighted by Gasteiger charge is -1.97. The number of nitrogens with two attached hydrogens (primary N) is 1. The van der Waals surface area contributed by atoms with Gasteiger partial charge in [0.05, 0.1) is 17.3 Å². The van der Waals surface area contributed by atoms with E-state index in [1.165, 1.54) is 0 Å². The first-order valence-electron chi connectivity index (χ1n) is 5.61. The number of nitrogens with zero attached hydrogens (tertiary/aromatic N) is 3. The number of hydrogen-bond donors (Lipinski definition) is 2. The minimum absolute atomic E-state index is 0.231. The number of H-pyrrole nitrogens is 1. The van der Waals surface area contributed by atoms with Crippen LogP contribution in [0.5, 0.6) is 0 Å². The van der Waals surface area contributed by atoms with Crippen molar-refractivity contribution in [3.8, 4) is 22.8 Å². The Balaban J connectivity index is 1.97. The molecule has 0 saturated heterocycles. The third kappa shape index (κ3) is 2.23. The van der Waals surface area contributed by atoms with Gasteiger partial charge in [-0.3, -0.25) is 5.10 Å². The molecule has 2 aromatic heterocycles. The molecule has 0 aliphatic heterocycles. The zero-order valence-corrected chi connectivity index (χ0v) is 10.6. The molecular formula is C12H10ClN5O. The van der Waals surface area contributed by atoms with Crippen molar-refractivity contribution in [3.63, 3.8) is 0 Å². The zero-order valence-electron chi connectivity index (χ0n) is 9.80. The van der Waals surface area contributed by atoms with Crippen LogP contribution in [-0.4, -0.2) is 20.3 Å². The number of rotatable bonds is 3. The zero-order chi connectivity index (χ0) is 13.2. The first-order valence-corrected chi connectivity index (χ1v) is 5.99. The van der Waals surface area contributed by atoms with E-state index in [9.17, 15) is 0 Å². The lowest BCUT2D eigenvalue weighted by molar-refractivity contribution is 0.421. The van der Waals surface area contributed by atoms with Crippen LogP contribution in [0.4, 0.5) is 0 Å². The number of aromatic amines is 1. The van der Waals surface area contributed by atoms with Crippen LogP contribution in [0.2, 0.25) is 5.02 Å². The second-order valence-electron chi connectivity index (χ2n) is 3.87. The standard InChI is InChI=1S/C12H10ClN5O/c13-8-4-2-1-3-7(8)9-5-10(17-16-9)12-15-11(6-14)18-19-12/h1-5H,6,14H2,(H,16,17). The van der Waals surface area contributed by atoms with Gasteiger partial charge in [0.15, 0.2) is 5.82 Å². The second kappa shape index (κ2) is 4.83. The highest BCUT2D eigenvalue weighted by Gasteiger charge is 2.13. The quantitative estimate of drug-likeness (QED) is 0.764. The van der Waals surface area contributed by atoms with Gasteiger partial charge in [-0.05, 0) is 12.1 Å². The average molecular weight is 276 g/mol. The fourth-order valence-electron chi connectivity index (χ4n) is 1.68. The maximum atomic E-state index is 6.12. The van der Waals surface area contributed by atoms with Crippen LogP contribution in [0.15, 0.2) is 34.9 Å². The fraction of sp³-hybridized carbons (Fsp3) is 0.0833. The predicted octanol–water partition coefficient (Wildman–Crippen LogP) is 2.24. The topological polar surface area (TPSA) is 93.6 Å². The van der Waals surface area contributed by atoms with Crippen LogP contribution >= 0.6 is 11.6 Å². The molecule has 0 saturated carbocycles. The molecule has 3 aromatic rings. The fourth-order valence-corrected chi connectivity index (χ4v) is 1.92. The summed E-state index contributed by atoms with van der Waals surface area (Å²) in [6.45, 7) is 0.231. The molecule has 7 heteroatoms. The molecule has 19 heavy (non-hydrogen) atoms. The minimum Gasteiger partial charge on any atom is -0.332 e. The molecule has 0 unspecified atom stereocenters. The number of benzene rings is 1. The van der Waals surface area contributed by atoms with Crippen molar-refractivity contribution in [2.45, 2.75) is 6.54 Å². The molecule has 0 radical (unpaired) electrons. The second-order valence-corrected chi connectivity index (χ2v) is 4.27. The summed E-state index contributed by atoms with van der Waals surface area (Å²) in [5, 5.41) is 11.4. The van der Waals surface area contributed by atoms with E-state index < -0.39 is 0 Å². The Bertz CT molecular complexity index is 705. The first kappa shape index (κ1) is 11.9. The van der Waals surface area contributed by atoms with Crippen LogP contribution in [0, 0.1) is 0 Å². The molecule has 0 bridgehead atoms. The number of nitrogens with one attached hydrogen (secondary N) is 1. The van der Waals surface area contributed by atoms with Crippen molar-refractivity contribution in [3.05, 3.63) is 41.2 Å². The van der Waals surface area contributed by atoms with Crippen LogP contribution in [0.3, 0.4) is 0 Å². The maximum Gasteiger partial charge on any atom is 0.275 e. The Kier molecular flexibility index (Phi) is 3.02. The van der Waals surface area contributed by atoms with Gasteiger partial charge in [0.2, 0.25) is 0 Å². The van der Waals surface area contributed by atoms with Crippen molar-refractivity contribution < 1.29 is 4.52 Å². The lowest BCUT2D eigenvalue weighted by Crippen LogP contribution is -1.97. The lowest BCUT2D eigenvalue weighted by atomic mass is 10.1. The summed E-state index contributed by atoms with van der Waals surface area (Å²) < 4.78 is 5.08. The van der Waals surface area contributed by atoms with E-state index in [0.717, 1.165) is 5.56 Å². The normalized spacial score (nSPS) is 10.8. The van der Waals surface area contributed by atoms with E-state index in [0.29, 0.717) is 28.1 Å². The largest absolute Gasteiger partial charge is 0.332 e. The van der Waals surface area contributed by atoms with Crippen molar-refractivity contribution in [1.82, 2.24) is 20.3 Å². The number of halogens is 1. The molecule has 0 aliphatic rings. The van der Waals surface area contributed by atoms with Gasteiger partial charge < -0.3 is 10.3 Å². The molecule has 96 valence electrons. The van der Waals surface area contributed by atoms with E-state index in [1.54, 1.807) is 6.07 Å². The predicted molar refractivity (Wildman–Crippen MR) is 70.2 cm³/mol. The van der Waals surface area contributed by atoms with Gasteiger partial charge in [0.25, 0.3) is 5.89 Å². The highest BCUT2D eigenvalue weighted by atomic mass is 35.5. The van der Waals surface area contributed by atoms with E-state index in [1.807, 2.05) is 24.3 Å². The summed E-state index contributed by atoms with van der Waals surface area (Å²) in [6.07, 6.45) is 0. The SMILES string of the molecule is NCc1noc(-c2cc(-c3ccccc3Cl)n[nH]2)n1. The molecule has 3 rings (SSSR count). The molecule has 1 aromatic carbocycles.